The van der Waals surface area contributed by atoms with Crippen LogP contribution in [0.4, 0.5) is 8.78 Å². The van der Waals surface area contributed by atoms with Gasteiger partial charge >= 0.3 is 6.61 Å². The Labute approximate surface area is 140 Å². The fraction of sp³-hybridized carbons (Fsp3) is 0.533. The van der Waals surface area contributed by atoms with E-state index >= 15 is 0 Å². The summed E-state index contributed by atoms with van der Waals surface area (Å²) in [6.07, 6.45) is 0.794. The lowest BCUT2D eigenvalue weighted by Crippen LogP contribution is -2.48. The van der Waals surface area contributed by atoms with Crippen LogP contribution in [0.2, 0.25) is 0 Å². The highest BCUT2D eigenvalue weighted by Gasteiger charge is 2.26. The summed E-state index contributed by atoms with van der Waals surface area (Å²) in [6, 6.07) is 4.49. The number of hydrogen-bond donors (Lipinski definition) is 2. The first-order valence-electron chi connectivity index (χ1n) is 7.16. The number of hydrogen-bond acceptors (Lipinski definition) is 4. The fourth-order valence-electron chi connectivity index (χ4n) is 2.54. The molecule has 1 aliphatic rings. The number of nitrogens with one attached hydrogen (secondary N) is 2. The van der Waals surface area contributed by atoms with Gasteiger partial charge in [-0.1, -0.05) is 13.0 Å². The Morgan fingerprint density at radius 3 is 2.78 bits per heavy atom. The predicted molar refractivity (Wildman–Crippen MR) is 84.8 cm³/mol. The first kappa shape index (κ1) is 19.4. The molecule has 1 heterocycles. The number of rotatable bonds is 5. The van der Waals surface area contributed by atoms with E-state index in [4.69, 9.17) is 4.74 Å². The number of benzene rings is 1. The van der Waals surface area contributed by atoms with Crippen LogP contribution < -0.4 is 20.1 Å². The van der Waals surface area contributed by atoms with Crippen LogP contribution in [0, 0.1) is 5.92 Å². The van der Waals surface area contributed by atoms with E-state index in [1.165, 1.54) is 19.2 Å². The molecule has 0 spiro atoms. The molecule has 1 aliphatic heterocycles. The summed E-state index contributed by atoms with van der Waals surface area (Å²) in [4.78, 5) is 12.4. The van der Waals surface area contributed by atoms with E-state index in [9.17, 15) is 13.6 Å². The van der Waals surface area contributed by atoms with Crippen molar-refractivity contribution in [2.24, 2.45) is 5.92 Å². The van der Waals surface area contributed by atoms with Crippen molar-refractivity contribution in [3.8, 4) is 11.5 Å². The summed E-state index contributed by atoms with van der Waals surface area (Å²) >= 11 is 0. The van der Waals surface area contributed by atoms with Crippen LogP contribution in [0.25, 0.3) is 0 Å². The van der Waals surface area contributed by atoms with Crippen molar-refractivity contribution in [2.45, 2.75) is 26.0 Å². The van der Waals surface area contributed by atoms with Gasteiger partial charge in [-0.15, -0.1) is 12.4 Å². The third-order valence-corrected chi connectivity index (χ3v) is 3.75. The van der Waals surface area contributed by atoms with Crippen LogP contribution in [0.1, 0.15) is 23.7 Å². The second-order valence-electron chi connectivity index (χ2n) is 5.27. The standard InChI is InChI=1S/C15H20F2N2O3.ClH/c1-9-8-18-7-6-11(9)19-14(20)10-4-3-5-12(21-2)13(10)22-15(16)17;/h3-5,9,11,15,18H,6-8H2,1-2H3,(H,19,20);1H. The highest BCUT2D eigenvalue weighted by Crippen LogP contribution is 2.32. The molecule has 1 aromatic rings. The number of amides is 1. The maximum Gasteiger partial charge on any atom is 0.387 e. The summed E-state index contributed by atoms with van der Waals surface area (Å²) in [5.41, 5.74) is 0.0467. The average Bonchev–Trinajstić information content (AvgIpc) is 2.49. The zero-order valence-corrected chi connectivity index (χ0v) is 13.8. The van der Waals surface area contributed by atoms with E-state index in [2.05, 4.69) is 15.4 Å². The number of para-hydroxylation sites is 1. The largest absolute Gasteiger partial charge is 0.493 e. The van der Waals surface area contributed by atoms with E-state index in [1.807, 2.05) is 6.92 Å². The summed E-state index contributed by atoms with van der Waals surface area (Å²) in [7, 11) is 1.34. The monoisotopic (exact) mass is 350 g/mol. The maximum atomic E-state index is 12.6. The normalized spacial score (nSPS) is 20.6. The molecule has 1 fully saturated rings. The molecule has 1 amide bonds. The fourth-order valence-corrected chi connectivity index (χ4v) is 2.54. The molecule has 0 aliphatic carbocycles. The highest BCUT2D eigenvalue weighted by atomic mass is 35.5. The van der Waals surface area contributed by atoms with Crippen LogP contribution in [0.15, 0.2) is 18.2 Å². The van der Waals surface area contributed by atoms with Gasteiger partial charge in [-0.05, 0) is 37.6 Å². The summed E-state index contributed by atoms with van der Waals surface area (Å²) in [6.45, 7) is 0.622. The van der Waals surface area contributed by atoms with E-state index in [0.29, 0.717) is 0 Å². The molecule has 2 N–H and O–H groups in total. The maximum absolute atomic E-state index is 12.6. The molecule has 23 heavy (non-hydrogen) atoms. The van der Waals surface area contributed by atoms with E-state index in [0.717, 1.165) is 19.5 Å². The molecular weight excluding hydrogens is 330 g/mol. The smallest absolute Gasteiger partial charge is 0.387 e. The number of carbonyl (C=O) groups excluding carboxylic acids is 1. The van der Waals surface area contributed by atoms with Gasteiger partial charge in [-0.3, -0.25) is 4.79 Å². The topological polar surface area (TPSA) is 59.6 Å². The number of methoxy groups -OCH3 is 1. The van der Waals surface area contributed by atoms with Crippen LogP contribution >= 0.6 is 12.4 Å². The van der Waals surface area contributed by atoms with Crippen molar-refractivity contribution >= 4 is 18.3 Å². The molecule has 1 aromatic carbocycles. The summed E-state index contributed by atoms with van der Waals surface area (Å²) < 4.78 is 34.6. The van der Waals surface area contributed by atoms with Crippen LogP contribution in [-0.4, -0.2) is 38.8 Å². The molecule has 2 rings (SSSR count). The van der Waals surface area contributed by atoms with Gasteiger partial charge < -0.3 is 20.1 Å². The van der Waals surface area contributed by atoms with E-state index in [-0.39, 0.29) is 41.4 Å². The molecule has 0 radical (unpaired) electrons. The predicted octanol–water partition coefficient (Wildman–Crippen LogP) is 2.45. The Bertz CT molecular complexity index is 531. The van der Waals surface area contributed by atoms with E-state index < -0.39 is 12.5 Å². The third-order valence-electron chi connectivity index (χ3n) is 3.75. The van der Waals surface area contributed by atoms with Crippen molar-refractivity contribution in [3.05, 3.63) is 23.8 Å². The lowest BCUT2D eigenvalue weighted by Gasteiger charge is -2.30. The van der Waals surface area contributed by atoms with Crippen molar-refractivity contribution in [2.75, 3.05) is 20.2 Å². The third kappa shape index (κ3) is 4.94. The Morgan fingerprint density at radius 2 is 2.17 bits per heavy atom. The van der Waals surface area contributed by atoms with Gasteiger partial charge in [-0.2, -0.15) is 8.78 Å². The second kappa shape index (κ2) is 8.88. The lowest BCUT2D eigenvalue weighted by molar-refractivity contribution is -0.0515. The lowest BCUT2D eigenvalue weighted by atomic mass is 9.95. The number of carbonyl (C=O) groups is 1. The molecule has 0 aromatic heterocycles. The number of ether oxygens (including phenoxy) is 2. The number of piperidine rings is 1. The zero-order chi connectivity index (χ0) is 16.1. The van der Waals surface area contributed by atoms with Crippen molar-refractivity contribution in [1.82, 2.24) is 10.6 Å². The van der Waals surface area contributed by atoms with Crippen molar-refractivity contribution in [3.63, 3.8) is 0 Å². The molecule has 2 unspecified atom stereocenters. The highest BCUT2D eigenvalue weighted by molar-refractivity contribution is 5.98. The Balaban J connectivity index is 0.00000264. The molecule has 5 nitrogen and oxygen atoms in total. The molecule has 0 bridgehead atoms. The summed E-state index contributed by atoms with van der Waals surface area (Å²) in [5, 5.41) is 6.13. The molecular formula is C15H21ClF2N2O3. The van der Waals surface area contributed by atoms with Gasteiger partial charge in [0.05, 0.1) is 12.7 Å². The number of halogens is 3. The van der Waals surface area contributed by atoms with Crippen LogP contribution in [0.5, 0.6) is 11.5 Å². The van der Waals surface area contributed by atoms with Gasteiger partial charge in [0.15, 0.2) is 11.5 Å². The minimum atomic E-state index is -3.03. The molecule has 8 heteroatoms. The molecule has 2 atom stereocenters. The first-order valence-corrected chi connectivity index (χ1v) is 7.16. The SMILES string of the molecule is COc1cccc(C(=O)NC2CCNCC2C)c1OC(F)F.Cl. The van der Waals surface area contributed by atoms with Gasteiger partial charge in [0, 0.05) is 6.04 Å². The van der Waals surface area contributed by atoms with Gasteiger partial charge in [0.2, 0.25) is 0 Å². The van der Waals surface area contributed by atoms with Crippen LogP contribution in [0.3, 0.4) is 0 Å². The second-order valence-corrected chi connectivity index (χ2v) is 5.27. The Hall–Kier alpha value is -1.60. The van der Waals surface area contributed by atoms with E-state index in [1.54, 1.807) is 6.07 Å². The minimum absolute atomic E-state index is 0. The first-order chi connectivity index (χ1) is 10.5. The Kier molecular flexibility index (Phi) is 7.51. The van der Waals surface area contributed by atoms with Gasteiger partial charge in [0.25, 0.3) is 5.91 Å². The summed E-state index contributed by atoms with van der Waals surface area (Å²) in [5.74, 6) is -0.304. The molecule has 130 valence electrons. The van der Waals surface area contributed by atoms with Crippen LogP contribution in [-0.2, 0) is 0 Å². The minimum Gasteiger partial charge on any atom is -0.493 e. The number of alkyl halides is 2. The van der Waals surface area contributed by atoms with Gasteiger partial charge in [-0.25, -0.2) is 0 Å². The Morgan fingerprint density at radius 1 is 1.43 bits per heavy atom. The van der Waals surface area contributed by atoms with Gasteiger partial charge in [0.1, 0.15) is 0 Å². The average molecular weight is 351 g/mol. The molecule has 0 saturated carbocycles. The van der Waals surface area contributed by atoms with Crippen molar-refractivity contribution < 1.29 is 23.0 Å². The zero-order valence-electron chi connectivity index (χ0n) is 13.0. The molecule has 1 saturated heterocycles. The quantitative estimate of drug-likeness (QED) is 0.856. The van der Waals surface area contributed by atoms with Crippen molar-refractivity contribution in [1.29, 1.82) is 0 Å².